The number of aromatic nitrogens is 2. The molecule has 2 rings (SSSR count). The Kier molecular flexibility index (Phi) is 3.52. The van der Waals surface area contributed by atoms with Crippen molar-refractivity contribution in [2.24, 2.45) is 0 Å². The molecule has 0 saturated heterocycles. The number of benzene rings is 1. The summed E-state index contributed by atoms with van der Waals surface area (Å²) in [5.41, 5.74) is 1.26. The second-order valence-corrected chi connectivity index (χ2v) is 4.17. The Hall–Kier alpha value is -2.34. The maximum Gasteiger partial charge on any atom is 0.274 e. The van der Waals surface area contributed by atoms with E-state index in [0.717, 1.165) is 0 Å². The number of carbonyl (C=O) groups is 1. The number of carboxylic acid groups (broad SMARTS) is 1. The summed E-state index contributed by atoms with van der Waals surface area (Å²) >= 11 is 0. The van der Waals surface area contributed by atoms with Gasteiger partial charge in [-0.25, -0.2) is 4.68 Å². The highest BCUT2D eigenvalue weighted by molar-refractivity contribution is 5.86. The van der Waals surface area contributed by atoms with Crippen LogP contribution in [0.4, 0.5) is 0 Å². The molecule has 2 N–H and O–H groups in total. The lowest BCUT2D eigenvalue weighted by molar-refractivity contribution is -0.255. The van der Waals surface area contributed by atoms with Crippen LogP contribution in [0.25, 0.3) is 5.69 Å². The zero-order valence-electron chi connectivity index (χ0n) is 10.3. The number of carbonyl (C=O) groups excluding carboxylic acids is 1. The highest BCUT2D eigenvalue weighted by atomic mass is 16.4. The molecule has 6 heteroatoms. The number of hydrogen-bond acceptors (Lipinski definition) is 4. The summed E-state index contributed by atoms with van der Waals surface area (Å²) in [6.45, 7) is 1.61. The van der Waals surface area contributed by atoms with Crippen LogP contribution in [0.5, 0.6) is 0 Å². The Labute approximate surface area is 108 Å². The zero-order valence-corrected chi connectivity index (χ0v) is 10.3. The number of H-pyrrole nitrogens is 1. The number of rotatable bonds is 4. The van der Waals surface area contributed by atoms with Crippen LogP contribution < -0.4 is 10.7 Å². The number of aryl methyl sites for hydroxylation is 1. The number of aromatic carboxylic acids is 1. The van der Waals surface area contributed by atoms with Crippen molar-refractivity contribution in [2.75, 3.05) is 6.61 Å². The molecule has 0 saturated carbocycles. The van der Waals surface area contributed by atoms with Gasteiger partial charge in [0.15, 0.2) is 0 Å². The lowest BCUT2D eigenvalue weighted by atomic mass is 10.2. The second kappa shape index (κ2) is 5.11. The van der Waals surface area contributed by atoms with Crippen molar-refractivity contribution in [1.29, 1.82) is 0 Å². The SMILES string of the molecule is Cc1[nH]n(-c2cccc(C(=O)[O-])c2)c(=O)c1CCO. The van der Waals surface area contributed by atoms with Crippen LogP contribution >= 0.6 is 0 Å². The number of aliphatic hydroxyl groups is 1. The van der Waals surface area contributed by atoms with Crippen LogP contribution in [-0.2, 0) is 6.42 Å². The first-order chi connectivity index (χ1) is 9.04. The summed E-state index contributed by atoms with van der Waals surface area (Å²) in [5, 5.41) is 22.6. The van der Waals surface area contributed by atoms with Gasteiger partial charge >= 0.3 is 0 Å². The van der Waals surface area contributed by atoms with Crippen molar-refractivity contribution >= 4 is 5.97 Å². The summed E-state index contributed by atoms with van der Waals surface area (Å²) in [5.74, 6) is -1.30. The van der Waals surface area contributed by atoms with Gasteiger partial charge in [0.05, 0.1) is 11.7 Å². The standard InChI is InChI=1S/C13H14N2O4/c1-8-11(5-6-16)12(17)15(14-8)10-4-2-3-9(7-10)13(18)19/h2-4,7,14,16H,5-6H2,1H3,(H,18,19)/p-1. The molecule has 6 nitrogen and oxygen atoms in total. The van der Waals surface area contributed by atoms with E-state index in [1.54, 1.807) is 13.0 Å². The van der Waals surface area contributed by atoms with Gasteiger partial charge in [0.25, 0.3) is 5.56 Å². The topological polar surface area (TPSA) is 98.1 Å². The molecule has 0 aliphatic carbocycles. The molecule has 0 radical (unpaired) electrons. The van der Waals surface area contributed by atoms with Gasteiger partial charge in [-0.2, -0.15) is 0 Å². The van der Waals surface area contributed by atoms with E-state index >= 15 is 0 Å². The van der Waals surface area contributed by atoms with Crippen LogP contribution in [0, 0.1) is 6.92 Å². The van der Waals surface area contributed by atoms with Crippen LogP contribution in [-0.4, -0.2) is 27.5 Å². The van der Waals surface area contributed by atoms with Gasteiger partial charge in [0.2, 0.25) is 0 Å². The third-order valence-corrected chi connectivity index (χ3v) is 2.90. The van der Waals surface area contributed by atoms with Crippen molar-refractivity contribution < 1.29 is 15.0 Å². The Morgan fingerprint density at radius 2 is 2.21 bits per heavy atom. The molecule has 0 spiro atoms. The van der Waals surface area contributed by atoms with Crippen molar-refractivity contribution in [1.82, 2.24) is 9.78 Å². The van der Waals surface area contributed by atoms with E-state index in [1.165, 1.54) is 22.9 Å². The van der Waals surface area contributed by atoms with E-state index in [9.17, 15) is 14.7 Å². The Morgan fingerprint density at radius 1 is 1.47 bits per heavy atom. The number of carboxylic acids is 1. The van der Waals surface area contributed by atoms with E-state index in [4.69, 9.17) is 5.11 Å². The summed E-state index contributed by atoms with van der Waals surface area (Å²) in [6, 6.07) is 5.91. The van der Waals surface area contributed by atoms with Gasteiger partial charge in [-0.05, 0) is 24.6 Å². The molecule has 19 heavy (non-hydrogen) atoms. The third kappa shape index (κ3) is 2.43. The predicted octanol–water partition coefficient (Wildman–Crippen LogP) is -0.628. The smallest absolute Gasteiger partial charge is 0.274 e. The molecule has 0 unspecified atom stereocenters. The molecule has 2 aromatic rings. The number of nitrogens with zero attached hydrogens (tertiary/aromatic N) is 1. The Balaban J connectivity index is 2.53. The fourth-order valence-electron chi connectivity index (χ4n) is 1.94. The summed E-state index contributed by atoms with van der Waals surface area (Å²) in [4.78, 5) is 22.9. The van der Waals surface area contributed by atoms with Gasteiger partial charge in [-0.3, -0.25) is 9.89 Å². The highest BCUT2D eigenvalue weighted by Crippen LogP contribution is 2.10. The molecule has 0 bridgehead atoms. The summed E-state index contributed by atoms with van der Waals surface area (Å²) in [7, 11) is 0. The molecular formula is C13H13N2O4-. The molecule has 0 fully saturated rings. The zero-order chi connectivity index (χ0) is 14.0. The molecule has 1 aromatic heterocycles. The van der Waals surface area contributed by atoms with Gasteiger partial charge < -0.3 is 15.0 Å². The second-order valence-electron chi connectivity index (χ2n) is 4.17. The van der Waals surface area contributed by atoms with E-state index < -0.39 is 5.97 Å². The molecule has 0 aliphatic heterocycles. The van der Waals surface area contributed by atoms with E-state index in [2.05, 4.69) is 5.10 Å². The minimum atomic E-state index is -1.30. The first-order valence-corrected chi connectivity index (χ1v) is 5.77. The first kappa shape index (κ1) is 13.1. The number of nitrogens with one attached hydrogen (secondary N) is 1. The predicted molar refractivity (Wildman–Crippen MR) is 66.2 cm³/mol. The molecule has 0 amide bonds. The fourth-order valence-corrected chi connectivity index (χ4v) is 1.94. The lowest BCUT2D eigenvalue weighted by Crippen LogP contribution is -2.23. The molecule has 0 atom stereocenters. The summed E-state index contributed by atoms with van der Waals surface area (Å²) in [6.07, 6.45) is 0.258. The van der Waals surface area contributed by atoms with E-state index in [0.29, 0.717) is 16.9 Å². The number of hydrogen-bond donors (Lipinski definition) is 2. The minimum Gasteiger partial charge on any atom is -0.545 e. The van der Waals surface area contributed by atoms with Gasteiger partial charge in [-0.15, -0.1) is 0 Å². The van der Waals surface area contributed by atoms with Crippen molar-refractivity contribution in [3.8, 4) is 5.69 Å². The van der Waals surface area contributed by atoms with E-state index in [1.807, 2.05) is 0 Å². The first-order valence-electron chi connectivity index (χ1n) is 5.77. The molecule has 100 valence electrons. The van der Waals surface area contributed by atoms with Crippen molar-refractivity contribution in [3.63, 3.8) is 0 Å². The lowest BCUT2D eigenvalue weighted by Gasteiger charge is -2.06. The highest BCUT2D eigenvalue weighted by Gasteiger charge is 2.11. The monoisotopic (exact) mass is 261 g/mol. The molecule has 1 aromatic carbocycles. The maximum absolute atomic E-state index is 12.1. The van der Waals surface area contributed by atoms with Crippen LogP contribution in [0.3, 0.4) is 0 Å². The normalized spacial score (nSPS) is 10.6. The maximum atomic E-state index is 12.1. The average Bonchev–Trinajstić information content (AvgIpc) is 2.67. The quantitative estimate of drug-likeness (QED) is 0.765. The molecular weight excluding hydrogens is 248 g/mol. The molecule has 1 heterocycles. The van der Waals surface area contributed by atoms with Crippen molar-refractivity contribution in [3.05, 3.63) is 51.4 Å². The van der Waals surface area contributed by atoms with Gasteiger partial charge in [-0.1, -0.05) is 12.1 Å². The Morgan fingerprint density at radius 3 is 2.84 bits per heavy atom. The largest absolute Gasteiger partial charge is 0.545 e. The van der Waals surface area contributed by atoms with Crippen molar-refractivity contribution in [2.45, 2.75) is 13.3 Å². The number of aliphatic hydroxyl groups excluding tert-OH is 1. The van der Waals surface area contributed by atoms with Crippen LogP contribution in [0.15, 0.2) is 29.1 Å². The van der Waals surface area contributed by atoms with E-state index in [-0.39, 0.29) is 24.2 Å². The summed E-state index contributed by atoms with van der Waals surface area (Å²) < 4.78 is 1.26. The third-order valence-electron chi connectivity index (χ3n) is 2.90. The average molecular weight is 261 g/mol. The minimum absolute atomic E-state index is 0.000334. The van der Waals surface area contributed by atoms with Crippen LogP contribution in [0.2, 0.25) is 0 Å². The number of aromatic amines is 1. The van der Waals surface area contributed by atoms with Crippen LogP contribution in [0.1, 0.15) is 21.6 Å². The molecule has 0 aliphatic rings. The van der Waals surface area contributed by atoms with Gasteiger partial charge in [0, 0.05) is 24.3 Å². The Bertz CT molecular complexity index is 670. The fraction of sp³-hybridized carbons (Fsp3) is 0.231. The van der Waals surface area contributed by atoms with Gasteiger partial charge in [0.1, 0.15) is 0 Å².